The molecule has 0 radical (unpaired) electrons. The van der Waals surface area contributed by atoms with Crippen LogP contribution in [0.4, 0.5) is 0 Å². The molecular formula is C75H49N. The van der Waals surface area contributed by atoms with Gasteiger partial charge >= 0.3 is 0 Å². The molecule has 0 aliphatic heterocycles. The Balaban J connectivity index is 1.01. The minimum Gasteiger partial charge on any atom is -0.309 e. The van der Waals surface area contributed by atoms with Gasteiger partial charge in [-0.05, 0) is 148 Å². The molecule has 0 bridgehead atoms. The van der Waals surface area contributed by atoms with Gasteiger partial charge in [-0.25, -0.2) is 0 Å². The first-order valence-electron chi connectivity index (χ1n) is 26.4. The van der Waals surface area contributed by atoms with Crippen molar-refractivity contribution in [2.45, 2.75) is 5.41 Å². The molecule has 0 spiro atoms. The Morgan fingerprint density at radius 1 is 0.316 bits per heavy atom. The van der Waals surface area contributed by atoms with Crippen LogP contribution >= 0.6 is 0 Å². The SMILES string of the molecule is C(=C(c1ccc2c(c1)C(=C(c1ccccc1)c1ccccc1)c1ccccc1-2)c1ccc2c(c1)C(c1ccccc1)(c1ccccc1)c1ccccc1-2)c1ccc2c(c1)c1ccccc1n2-c1cccc2ccccc12. The lowest BCUT2D eigenvalue weighted by Crippen LogP contribution is -2.28. The Labute approximate surface area is 443 Å². The van der Waals surface area contributed by atoms with Gasteiger partial charge in [-0.15, -0.1) is 0 Å². The minimum atomic E-state index is -0.548. The quantitative estimate of drug-likeness (QED) is 0.134. The maximum atomic E-state index is 2.52. The van der Waals surface area contributed by atoms with Crippen LogP contribution in [0.15, 0.2) is 291 Å². The van der Waals surface area contributed by atoms with Crippen molar-refractivity contribution in [1.29, 1.82) is 0 Å². The van der Waals surface area contributed by atoms with Crippen molar-refractivity contribution in [3.63, 3.8) is 0 Å². The van der Waals surface area contributed by atoms with E-state index in [4.69, 9.17) is 0 Å². The zero-order chi connectivity index (χ0) is 50.2. The summed E-state index contributed by atoms with van der Waals surface area (Å²) in [5.74, 6) is 0. The van der Waals surface area contributed by atoms with E-state index in [-0.39, 0.29) is 0 Å². The van der Waals surface area contributed by atoms with Crippen molar-refractivity contribution in [3.05, 3.63) is 352 Å². The van der Waals surface area contributed by atoms with Gasteiger partial charge < -0.3 is 4.57 Å². The predicted molar refractivity (Wildman–Crippen MR) is 319 cm³/mol. The lowest BCUT2D eigenvalue weighted by molar-refractivity contribution is 0.768. The molecule has 0 N–H and O–H groups in total. The molecule has 1 heteroatoms. The van der Waals surface area contributed by atoms with Gasteiger partial charge in [0.05, 0.1) is 22.1 Å². The highest BCUT2D eigenvalue weighted by molar-refractivity contribution is 6.15. The van der Waals surface area contributed by atoms with Crippen LogP contribution in [-0.4, -0.2) is 4.57 Å². The number of aromatic nitrogens is 1. The molecule has 354 valence electrons. The lowest BCUT2D eigenvalue weighted by atomic mass is 9.67. The molecule has 12 aromatic carbocycles. The molecule has 0 fully saturated rings. The van der Waals surface area contributed by atoms with Crippen LogP contribution in [0.1, 0.15) is 61.2 Å². The van der Waals surface area contributed by atoms with E-state index in [0.717, 1.165) is 22.3 Å². The van der Waals surface area contributed by atoms with Crippen molar-refractivity contribution in [1.82, 2.24) is 4.57 Å². The Morgan fingerprint density at radius 3 is 1.57 bits per heavy atom. The fourth-order valence-corrected chi connectivity index (χ4v) is 13.0. The molecule has 0 amide bonds. The first kappa shape index (κ1) is 43.7. The largest absolute Gasteiger partial charge is 0.309 e. The van der Waals surface area contributed by atoms with Crippen LogP contribution in [0.3, 0.4) is 0 Å². The second kappa shape index (κ2) is 17.7. The van der Waals surface area contributed by atoms with Gasteiger partial charge in [0, 0.05) is 16.2 Å². The Morgan fingerprint density at radius 2 is 0.842 bits per heavy atom. The van der Waals surface area contributed by atoms with E-state index in [9.17, 15) is 0 Å². The summed E-state index contributed by atoms with van der Waals surface area (Å²) >= 11 is 0. The van der Waals surface area contributed by atoms with E-state index in [0.29, 0.717) is 0 Å². The molecular weight excluding hydrogens is 915 g/mol. The summed E-state index contributed by atoms with van der Waals surface area (Å²) in [6.07, 6.45) is 2.45. The summed E-state index contributed by atoms with van der Waals surface area (Å²) < 4.78 is 2.45. The second-order valence-electron chi connectivity index (χ2n) is 20.3. The molecule has 76 heavy (non-hydrogen) atoms. The summed E-state index contributed by atoms with van der Waals surface area (Å²) in [4.78, 5) is 0. The molecule has 0 unspecified atom stereocenters. The van der Waals surface area contributed by atoms with E-state index < -0.39 is 5.41 Å². The van der Waals surface area contributed by atoms with Gasteiger partial charge in [0.1, 0.15) is 0 Å². The monoisotopic (exact) mass is 963 g/mol. The third-order valence-corrected chi connectivity index (χ3v) is 16.2. The van der Waals surface area contributed by atoms with Gasteiger partial charge in [0.15, 0.2) is 0 Å². The number of fused-ring (bicyclic) bond motifs is 10. The number of hydrogen-bond donors (Lipinski definition) is 0. The van der Waals surface area contributed by atoms with Crippen molar-refractivity contribution >= 4 is 55.4 Å². The van der Waals surface area contributed by atoms with E-state index >= 15 is 0 Å². The third kappa shape index (κ3) is 6.72. The van der Waals surface area contributed by atoms with E-state index in [1.807, 2.05) is 0 Å². The van der Waals surface area contributed by atoms with Crippen molar-refractivity contribution in [3.8, 4) is 27.9 Å². The van der Waals surface area contributed by atoms with Crippen molar-refractivity contribution in [2.75, 3.05) is 0 Å². The van der Waals surface area contributed by atoms with Gasteiger partial charge in [-0.2, -0.15) is 0 Å². The Kier molecular flexibility index (Phi) is 10.2. The molecule has 1 heterocycles. The zero-order valence-electron chi connectivity index (χ0n) is 41.7. The number of nitrogens with zero attached hydrogens (tertiary/aromatic N) is 1. The van der Waals surface area contributed by atoms with Crippen molar-refractivity contribution in [2.24, 2.45) is 0 Å². The smallest absolute Gasteiger partial charge is 0.0713 e. The van der Waals surface area contributed by atoms with Gasteiger partial charge in [0.25, 0.3) is 0 Å². The summed E-state index contributed by atoms with van der Waals surface area (Å²) in [5.41, 5.74) is 25.1. The normalized spacial score (nSPS) is 13.2. The number of para-hydroxylation sites is 1. The van der Waals surface area contributed by atoms with Crippen LogP contribution in [0, 0.1) is 0 Å². The maximum Gasteiger partial charge on any atom is 0.0713 e. The molecule has 1 aromatic heterocycles. The third-order valence-electron chi connectivity index (χ3n) is 16.2. The van der Waals surface area contributed by atoms with Crippen molar-refractivity contribution < 1.29 is 0 Å². The molecule has 2 aliphatic rings. The van der Waals surface area contributed by atoms with Crippen LogP contribution in [0.25, 0.3) is 83.3 Å². The molecule has 13 aromatic rings. The fraction of sp³-hybridized carbons (Fsp3) is 0.0133. The Bertz CT molecular complexity index is 4390. The highest BCUT2D eigenvalue weighted by Gasteiger charge is 2.46. The average molecular weight is 964 g/mol. The highest BCUT2D eigenvalue weighted by Crippen LogP contribution is 2.57. The first-order chi connectivity index (χ1) is 37.7. The molecule has 15 rings (SSSR count). The lowest BCUT2D eigenvalue weighted by Gasteiger charge is -2.34. The molecule has 0 saturated heterocycles. The summed E-state index contributed by atoms with van der Waals surface area (Å²) in [6, 6.07) is 108. The molecule has 0 saturated carbocycles. The van der Waals surface area contributed by atoms with Crippen LogP contribution in [0.2, 0.25) is 0 Å². The first-order valence-corrected chi connectivity index (χ1v) is 26.4. The summed E-state index contributed by atoms with van der Waals surface area (Å²) in [6.45, 7) is 0. The van der Waals surface area contributed by atoms with Crippen LogP contribution in [0.5, 0.6) is 0 Å². The minimum absolute atomic E-state index is 0.548. The standard InChI is InChI=1S/C75H49N/c1-5-23-52(24-6-1)73(53-25-7-2-8-26-53)74-64-36-16-15-33-59(64)60-43-41-54(48-67(60)74)65(46-50-40-45-72-66(47-50)63-35-18-20-38-71(63)76(72)70-39-21-27-51-22-13-14-32-58(51)70)55-42-44-62-61-34-17-19-37-68(61)75(69(62)49-55,56-28-9-3-10-29-56)57-30-11-4-12-31-57/h1-49H. The molecule has 1 nitrogen and oxygen atoms in total. The number of rotatable bonds is 8. The number of benzene rings is 12. The fourth-order valence-electron chi connectivity index (χ4n) is 13.0. The Hall–Kier alpha value is -9.82. The highest BCUT2D eigenvalue weighted by atomic mass is 15.0. The van der Waals surface area contributed by atoms with E-state index in [1.54, 1.807) is 0 Å². The topological polar surface area (TPSA) is 4.93 Å². The molecule has 0 atom stereocenters. The van der Waals surface area contributed by atoms with Crippen LogP contribution in [-0.2, 0) is 5.41 Å². The maximum absolute atomic E-state index is 2.52. The van der Waals surface area contributed by atoms with E-state index in [1.165, 1.54) is 116 Å². The second-order valence-corrected chi connectivity index (χ2v) is 20.3. The van der Waals surface area contributed by atoms with E-state index in [2.05, 4.69) is 302 Å². The zero-order valence-corrected chi connectivity index (χ0v) is 41.7. The summed E-state index contributed by atoms with van der Waals surface area (Å²) in [7, 11) is 0. The number of hydrogen-bond acceptors (Lipinski definition) is 0. The predicted octanol–water partition coefficient (Wildman–Crippen LogP) is 18.9. The van der Waals surface area contributed by atoms with Gasteiger partial charge in [-0.3, -0.25) is 0 Å². The van der Waals surface area contributed by atoms with Gasteiger partial charge in [-0.1, -0.05) is 255 Å². The molecule has 2 aliphatic carbocycles. The average Bonchev–Trinajstić information content (AvgIpc) is 4.18. The van der Waals surface area contributed by atoms with Gasteiger partial charge in [0.2, 0.25) is 0 Å². The van der Waals surface area contributed by atoms with Crippen LogP contribution < -0.4 is 0 Å². The summed E-state index contributed by atoms with van der Waals surface area (Å²) in [5, 5.41) is 4.91.